The fourth-order valence-electron chi connectivity index (χ4n) is 6.16. The number of rotatable bonds is 2. The van der Waals surface area contributed by atoms with Crippen molar-refractivity contribution in [3.05, 3.63) is 17.0 Å². The largest absolute Gasteiger partial charge is 0.651 e. The highest BCUT2D eigenvalue weighted by Gasteiger charge is 2.47. The van der Waals surface area contributed by atoms with E-state index in [1.165, 1.54) is 51.6 Å². The molecule has 3 heterocycles. The summed E-state index contributed by atoms with van der Waals surface area (Å²) in [5.41, 5.74) is 1.59. The van der Waals surface area contributed by atoms with Crippen molar-refractivity contribution in [3.8, 4) is 0 Å². The van der Waals surface area contributed by atoms with E-state index < -0.39 is 0 Å². The summed E-state index contributed by atoms with van der Waals surface area (Å²) in [6, 6.07) is 2.07. The summed E-state index contributed by atoms with van der Waals surface area (Å²) in [6.07, 6.45) is 11.6. The summed E-state index contributed by atoms with van der Waals surface area (Å²) in [7, 11) is 0. The summed E-state index contributed by atoms with van der Waals surface area (Å²) in [4.78, 5) is 1.80. The monoisotopic (exact) mass is 304 g/mol. The molecule has 0 aromatic carbocycles. The molecule has 4 aliphatic rings. The maximum absolute atomic E-state index is 9.43. The van der Waals surface area contributed by atoms with Crippen LogP contribution in [-0.2, 0) is 0 Å². The number of hydrogen-bond donors (Lipinski definition) is 2. The summed E-state index contributed by atoms with van der Waals surface area (Å²) in [6.45, 7) is 5.08. The number of allylic oxidation sites excluding steroid dienone is 1. The molecular weight excluding hydrogens is 272 g/mol. The third-order valence-corrected chi connectivity index (χ3v) is 7.21. The SMILES string of the molecule is CC=C1C[NH+]2CCC3C4CCCCC4[N-]C3C2CC1CCO. The quantitative estimate of drug-likeness (QED) is 0.752. The Kier molecular flexibility index (Phi) is 4.31. The molecule has 124 valence electrons. The molecular formula is C19H32N2O. The van der Waals surface area contributed by atoms with Crippen LogP contribution in [-0.4, -0.2) is 42.9 Å². The highest BCUT2D eigenvalue weighted by molar-refractivity contribution is 5.20. The van der Waals surface area contributed by atoms with Crippen LogP contribution in [0, 0.1) is 17.8 Å². The van der Waals surface area contributed by atoms with Crippen LogP contribution >= 0.6 is 0 Å². The summed E-state index contributed by atoms with van der Waals surface area (Å²) in [5, 5.41) is 14.8. The van der Waals surface area contributed by atoms with E-state index in [2.05, 4.69) is 13.0 Å². The third kappa shape index (κ3) is 2.46. The van der Waals surface area contributed by atoms with Crippen molar-refractivity contribution >= 4 is 0 Å². The number of aliphatic hydroxyl groups is 1. The number of hydrogen-bond acceptors (Lipinski definition) is 1. The van der Waals surface area contributed by atoms with Gasteiger partial charge in [0.2, 0.25) is 0 Å². The number of fused-ring (bicyclic) bond motifs is 5. The van der Waals surface area contributed by atoms with Gasteiger partial charge in [-0.05, 0) is 37.2 Å². The Hall–Kier alpha value is -0.380. The molecule has 0 bridgehead atoms. The summed E-state index contributed by atoms with van der Waals surface area (Å²) in [5.74, 6) is 2.42. The van der Waals surface area contributed by atoms with E-state index in [-0.39, 0.29) is 0 Å². The normalized spacial score (nSPS) is 49.5. The van der Waals surface area contributed by atoms with E-state index >= 15 is 0 Å². The third-order valence-electron chi connectivity index (χ3n) is 7.21. The van der Waals surface area contributed by atoms with Crippen molar-refractivity contribution in [1.82, 2.24) is 0 Å². The van der Waals surface area contributed by atoms with Crippen molar-refractivity contribution in [2.24, 2.45) is 17.8 Å². The molecule has 0 radical (unpaired) electrons. The molecule has 3 heteroatoms. The maximum atomic E-state index is 9.43. The van der Waals surface area contributed by atoms with Crippen LogP contribution in [0.5, 0.6) is 0 Å². The van der Waals surface area contributed by atoms with Gasteiger partial charge in [0.15, 0.2) is 0 Å². The summed E-state index contributed by atoms with van der Waals surface area (Å²) < 4.78 is 0. The Balaban J connectivity index is 1.53. The number of piperidine rings is 2. The zero-order chi connectivity index (χ0) is 15.1. The van der Waals surface area contributed by atoms with Crippen LogP contribution in [0.1, 0.15) is 51.9 Å². The first-order valence-electron chi connectivity index (χ1n) is 9.62. The molecule has 1 aliphatic carbocycles. The summed E-state index contributed by atoms with van der Waals surface area (Å²) >= 11 is 0. The van der Waals surface area contributed by atoms with E-state index in [1.807, 2.05) is 0 Å². The lowest BCUT2D eigenvalue weighted by Gasteiger charge is -2.50. The lowest BCUT2D eigenvalue weighted by molar-refractivity contribution is -0.932. The van der Waals surface area contributed by atoms with Crippen LogP contribution in [0.3, 0.4) is 0 Å². The van der Waals surface area contributed by atoms with E-state index in [0.717, 1.165) is 24.3 Å². The van der Waals surface area contributed by atoms with Crippen LogP contribution in [0.2, 0.25) is 0 Å². The first-order valence-corrected chi connectivity index (χ1v) is 9.62. The second kappa shape index (κ2) is 6.26. The Morgan fingerprint density at radius 3 is 2.91 bits per heavy atom. The molecule has 4 rings (SSSR count). The van der Waals surface area contributed by atoms with Crippen LogP contribution in [0.15, 0.2) is 11.6 Å². The molecule has 0 spiro atoms. The number of aliphatic hydroxyl groups excluding tert-OH is 1. The minimum atomic E-state index is 0.334. The highest BCUT2D eigenvalue weighted by Crippen LogP contribution is 2.49. The van der Waals surface area contributed by atoms with E-state index in [4.69, 9.17) is 5.32 Å². The fraction of sp³-hybridized carbons (Fsp3) is 0.895. The molecule has 0 aromatic rings. The van der Waals surface area contributed by atoms with Gasteiger partial charge >= 0.3 is 0 Å². The maximum Gasteiger partial charge on any atom is 0.0992 e. The first-order chi connectivity index (χ1) is 10.8. The second-order valence-electron chi connectivity index (χ2n) is 8.11. The van der Waals surface area contributed by atoms with Crippen LogP contribution in [0.4, 0.5) is 0 Å². The second-order valence-corrected chi connectivity index (χ2v) is 8.11. The zero-order valence-corrected chi connectivity index (χ0v) is 14.0. The predicted octanol–water partition coefficient (Wildman–Crippen LogP) is 1.92. The van der Waals surface area contributed by atoms with Gasteiger partial charge in [-0.2, -0.15) is 0 Å². The van der Waals surface area contributed by atoms with Gasteiger partial charge in [0.1, 0.15) is 0 Å². The van der Waals surface area contributed by atoms with E-state index in [0.29, 0.717) is 24.6 Å². The predicted molar refractivity (Wildman–Crippen MR) is 89.1 cm³/mol. The lowest BCUT2D eigenvalue weighted by Crippen LogP contribution is -3.19. The molecule has 1 saturated carbocycles. The van der Waals surface area contributed by atoms with Gasteiger partial charge in [-0.15, -0.1) is 6.04 Å². The Labute approximate surface area is 135 Å². The van der Waals surface area contributed by atoms with Crippen molar-refractivity contribution in [2.45, 2.75) is 70.0 Å². The number of nitrogens with zero attached hydrogens (tertiary/aromatic N) is 1. The van der Waals surface area contributed by atoms with Crippen molar-refractivity contribution < 1.29 is 10.0 Å². The smallest absolute Gasteiger partial charge is 0.0992 e. The van der Waals surface area contributed by atoms with E-state index in [9.17, 15) is 5.11 Å². The lowest BCUT2D eigenvalue weighted by atomic mass is 9.71. The Morgan fingerprint density at radius 2 is 2.09 bits per heavy atom. The molecule has 4 fully saturated rings. The van der Waals surface area contributed by atoms with Crippen LogP contribution in [0.25, 0.3) is 5.32 Å². The standard InChI is InChI=1S/C19H31N2O/c1-2-13-12-21-9-7-16-15-5-3-4-6-17(15)20-19(16)18(21)11-14(13)8-10-22/h2,14-19,22H,3-12H2,1H3/q-1/p+1. The molecule has 3 nitrogen and oxygen atoms in total. The molecule has 0 aromatic heterocycles. The first kappa shape index (κ1) is 15.2. The fourth-order valence-corrected chi connectivity index (χ4v) is 6.16. The van der Waals surface area contributed by atoms with Crippen LogP contribution < -0.4 is 4.90 Å². The molecule has 7 unspecified atom stereocenters. The molecule has 7 atom stereocenters. The van der Waals surface area contributed by atoms with Crippen molar-refractivity contribution in [1.29, 1.82) is 0 Å². The number of nitrogens with one attached hydrogen (secondary N) is 1. The van der Waals surface area contributed by atoms with Gasteiger partial charge in [-0.1, -0.05) is 43.7 Å². The molecule has 3 saturated heterocycles. The molecule has 2 N–H and O–H groups in total. The Bertz CT molecular complexity index is 435. The van der Waals surface area contributed by atoms with Crippen molar-refractivity contribution in [3.63, 3.8) is 0 Å². The van der Waals surface area contributed by atoms with Gasteiger partial charge in [0, 0.05) is 13.0 Å². The topological polar surface area (TPSA) is 38.8 Å². The van der Waals surface area contributed by atoms with E-state index in [1.54, 1.807) is 10.5 Å². The average molecular weight is 304 g/mol. The molecule has 0 amide bonds. The van der Waals surface area contributed by atoms with Gasteiger partial charge in [0.05, 0.1) is 19.1 Å². The number of quaternary nitrogens is 1. The Morgan fingerprint density at radius 1 is 1.23 bits per heavy atom. The zero-order valence-electron chi connectivity index (χ0n) is 14.0. The highest BCUT2D eigenvalue weighted by atomic mass is 16.3. The van der Waals surface area contributed by atoms with Gasteiger partial charge in [-0.3, -0.25) is 0 Å². The molecule has 22 heavy (non-hydrogen) atoms. The minimum absolute atomic E-state index is 0.334. The average Bonchev–Trinajstić information content (AvgIpc) is 2.93. The van der Waals surface area contributed by atoms with Gasteiger partial charge in [-0.25, -0.2) is 0 Å². The minimum Gasteiger partial charge on any atom is -0.651 e. The molecule has 3 aliphatic heterocycles. The van der Waals surface area contributed by atoms with Gasteiger partial charge < -0.3 is 15.3 Å². The van der Waals surface area contributed by atoms with Crippen molar-refractivity contribution in [2.75, 3.05) is 19.7 Å². The van der Waals surface area contributed by atoms with Gasteiger partial charge in [0.25, 0.3) is 0 Å².